The van der Waals surface area contributed by atoms with Gasteiger partial charge in [0, 0.05) is 31.7 Å². The quantitative estimate of drug-likeness (QED) is 0.839. The van der Waals surface area contributed by atoms with Crippen LogP contribution in [0.15, 0.2) is 24.3 Å². The van der Waals surface area contributed by atoms with Crippen LogP contribution in [0.3, 0.4) is 0 Å². The predicted octanol–water partition coefficient (Wildman–Crippen LogP) is 1.08. The van der Waals surface area contributed by atoms with Crippen LogP contribution in [0, 0.1) is 5.82 Å². The zero-order valence-corrected chi connectivity index (χ0v) is 12.4. The normalized spacial score (nSPS) is 20.5. The number of amides is 1. The Morgan fingerprint density at radius 2 is 1.81 bits per heavy atom. The first-order valence-electron chi connectivity index (χ1n) is 7.02. The molecule has 0 spiro atoms. The van der Waals surface area contributed by atoms with E-state index in [2.05, 4.69) is 0 Å². The maximum absolute atomic E-state index is 13.2. The summed E-state index contributed by atoms with van der Waals surface area (Å²) in [4.78, 5) is 13.8. The van der Waals surface area contributed by atoms with Gasteiger partial charge in [-0.25, -0.2) is 12.8 Å². The zero-order valence-electron chi connectivity index (χ0n) is 11.5. The van der Waals surface area contributed by atoms with Crippen LogP contribution < -0.4 is 0 Å². The van der Waals surface area contributed by atoms with Crippen molar-refractivity contribution in [3.63, 3.8) is 0 Å². The third-order valence-electron chi connectivity index (χ3n) is 3.90. The number of sulfonamides is 1. The van der Waals surface area contributed by atoms with Gasteiger partial charge in [-0.05, 0) is 31.0 Å². The van der Waals surface area contributed by atoms with E-state index in [4.69, 9.17) is 0 Å². The summed E-state index contributed by atoms with van der Waals surface area (Å²) in [7, 11) is -3.17. The Morgan fingerprint density at radius 3 is 2.38 bits per heavy atom. The second-order valence-corrected chi connectivity index (χ2v) is 7.66. The molecule has 3 rings (SSSR count). The molecule has 2 aliphatic rings. The fourth-order valence-corrected chi connectivity index (χ4v) is 4.35. The number of hydrogen-bond acceptors (Lipinski definition) is 3. The molecule has 1 saturated carbocycles. The highest BCUT2D eigenvalue weighted by Crippen LogP contribution is 2.31. The number of hydrogen-bond donors (Lipinski definition) is 0. The lowest BCUT2D eigenvalue weighted by atomic mass is 10.2. The van der Waals surface area contributed by atoms with Crippen LogP contribution in [-0.2, 0) is 10.0 Å². The summed E-state index contributed by atoms with van der Waals surface area (Å²) in [6, 6.07) is 5.56. The molecule has 1 aliphatic carbocycles. The van der Waals surface area contributed by atoms with E-state index in [1.165, 1.54) is 22.5 Å². The molecular weight excluding hydrogens is 295 g/mol. The van der Waals surface area contributed by atoms with Gasteiger partial charge in [-0.15, -0.1) is 0 Å². The SMILES string of the molecule is O=C(c1cccc(F)c1)N1CCN(S(=O)(=O)C2CC2)CC1. The van der Waals surface area contributed by atoms with Crippen molar-refractivity contribution in [2.24, 2.45) is 0 Å². The molecule has 1 amide bonds. The largest absolute Gasteiger partial charge is 0.336 e. The smallest absolute Gasteiger partial charge is 0.254 e. The van der Waals surface area contributed by atoms with E-state index >= 15 is 0 Å². The molecule has 0 N–H and O–H groups in total. The van der Waals surface area contributed by atoms with Crippen molar-refractivity contribution < 1.29 is 17.6 Å². The molecule has 0 unspecified atom stereocenters. The topological polar surface area (TPSA) is 57.7 Å². The number of rotatable bonds is 3. The van der Waals surface area contributed by atoms with Crippen molar-refractivity contribution in [3.05, 3.63) is 35.6 Å². The van der Waals surface area contributed by atoms with Crippen molar-refractivity contribution in [2.45, 2.75) is 18.1 Å². The third kappa shape index (κ3) is 2.94. The van der Waals surface area contributed by atoms with Gasteiger partial charge in [0.25, 0.3) is 5.91 Å². The molecule has 1 saturated heterocycles. The van der Waals surface area contributed by atoms with Crippen LogP contribution in [0.2, 0.25) is 0 Å². The van der Waals surface area contributed by atoms with Crippen LogP contribution in [0.4, 0.5) is 4.39 Å². The van der Waals surface area contributed by atoms with Crippen LogP contribution in [-0.4, -0.2) is 55.0 Å². The number of carbonyl (C=O) groups is 1. The molecule has 114 valence electrons. The van der Waals surface area contributed by atoms with E-state index in [-0.39, 0.29) is 11.2 Å². The first-order valence-corrected chi connectivity index (χ1v) is 8.52. The molecule has 0 bridgehead atoms. The number of carbonyl (C=O) groups excluding carboxylic acids is 1. The Labute approximate surface area is 123 Å². The van der Waals surface area contributed by atoms with Gasteiger partial charge in [0.15, 0.2) is 0 Å². The number of nitrogens with zero attached hydrogens (tertiary/aromatic N) is 2. The van der Waals surface area contributed by atoms with Crippen LogP contribution >= 0.6 is 0 Å². The maximum Gasteiger partial charge on any atom is 0.254 e. The van der Waals surface area contributed by atoms with Gasteiger partial charge in [-0.3, -0.25) is 4.79 Å². The molecule has 2 fully saturated rings. The minimum atomic E-state index is -3.17. The van der Waals surface area contributed by atoms with Crippen LogP contribution in [0.1, 0.15) is 23.2 Å². The van der Waals surface area contributed by atoms with Gasteiger partial charge in [-0.2, -0.15) is 4.31 Å². The molecular formula is C14H17FN2O3S. The van der Waals surface area contributed by atoms with Crippen LogP contribution in [0.25, 0.3) is 0 Å². The Balaban J connectivity index is 1.64. The maximum atomic E-state index is 13.2. The summed E-state index contributed by atoms with van der Waals surface area (Å²) in [6.07, 6.45) is 1.48. The summed E-state index contributed by atoms with van der Waals surface area (Å²) in [5, 5.41) is -0.219. The molecule has 0 radical (unpaired) electrons. The van der Waals surface area contributed by atoms with Crippen molar-refractivity contribution in [3.8, 4) is 0 Å². The molecule has 1 heterocycles. The van der Waals surface area contributed by atoms with Gasteiger partial charge in [0.05, 0.1) is 5.25 Å². The van der Waals surface area contributed by atoms with E-state index < -0.39 is 15.8 Å². The summed E-state index contributed by atoms with van der Waals surface area (Å²) >= 11 is 0. The Kier molecular flexibility index (Phi) is 3.71. The lowest BCUT2D eigenvalue weighted by molar-refractivity contribution is 0.0697. The van der Waals surface area contributed by atoms with Gasteiger partial charge < -0.3 is 4.90 Å². The lowest BCUT2D eigenvalue weighted by Crippen LogP contribution is -2.51. The molecule has 1 aliphatic heterocycles. The van der Waals surface area contributed by atoms with Gasteiger partial charge in [0.1, 0.15) is 5.82 Å². The predicted molar refractivity (Wildman–Crippen MR) is 75.8 cm³/mol. The van der Waals surface area contributed by atoms with Crippen molar-refractivity contribution >= 4 is 15.9 Å². The monoisotopic (exact) mass is 312 g/mol. The van der Waals surface area contributed by atoms with Crippen molar-refractivity contribution in [2.75, 3.05) is 26.2 Å². The van der Waals surface area contributed by atoms with Gasteiger partial charge in [-0.1, -0.05) is 6.07 Å². The fraction of sp³-hybridized carbons (Fsp3) is 0.500. The molecule has 0 aromatic heterocycles. The Morgan fingerprint density at radius 1 is 1.14 bits per heavy atom. The Hall–Kier alpha value is -1.47. The van der Waals surface area contributed by atoms with Crippen molar-refractivity contribution in [1.82, 2.24) is 9.21 Å². The van der Waals surface area contributed by atoms with E-state index in [0.29, 0.717) is 31.7 Å². The average Bonchev–Trinajstić information content (AvgIpc) is 3.32. The average molecular weight is 312 g/mol. The highest BCUT2D eigenvalue weighted by molar-refractivity contribution is 7.90. The molecule has 7 heteroatoms. The zero-order chi connectivity index (χ0) is 15.0. The lowest BCUT2D eigenvalue weighted by Gasteiger charge is -2.34. The minimum absolute atomic E-state index is 0.219. The second kappa shape index (κ2) is 5.38. The van der Waals surface area contributed by atoms with Crippen molar-refractivity contribution in [1.29, 1.82) is 0 Å². The molecule has 0 atom stereocenters. The first kappa shape index (κ1) is 14.5. The van der Waals surface area contributed by atoms with Gasteiger partial charge >= 0.3 is 0 Å². The van der Waals surface area contributed by atoms with E-state index in [0.717, 1.165) is 12.8 Å². The number of halogens is 1. The minimum Gasteiger partial charge on any atom is -0.336 e. The van der Waals surface area contributed by atoms with E-state index in [1.54, 1.807) is 11.0 Å². The van der Waals surface area contributed by atoms with E-state index in [9.17, 15) is 17.6 Å². The highest BCUT2D eigenvalue weighted by Gasteiger charge is 2.41. The first-order chi connectivity index (χ1) is 9.98. The van der Waals surface area contributed by atoms with Crippen LogP contribution in [0.5, 0.6) is 0 Å². The third-order valence-corrected chi connectivity index (χ3v) is 6.30. The Bertz CT molecular complexity index is 650. The summed E-state index contributed by atoms with van der Waals surface area (Å²) in [6.45, 7) is 1.34. The second-order valence-electron chi connectivity index (χ2n) is 5.45. The summed E-state index contributed by atoms with van der Waals surface area (Å²) < 4.78 is 38.8. The number of piperazine rings is 1. The van der Waals surface area contributed by atoms with Gasteiger partial charge in [0.2, 0.25) is 10.0 Å². The number of benzene rings is 1. The standard InChI is InChI=1S/C14H17FN2O3S/c15-12-3-1-2-11(10-12)14(18)16-6-8-17(9-7-16)21(19,20)13-4-5-13/h1-3,10,13H,4-9H2. The van der Waals surface area contributed by atoms with E-state index in [1.807, 2.05) is 0 Å². The highest BCUT2D eigenvalue weighted by atomic mass is 32.2. The molecule has 21 heavy (non-hydrogen) atoms. The fourth-order valence-electron chi connectivity index (χ4n) is 2.53. The molecule has 5 nitrogen and oxygen atoms in total. The molecule has 1 aromatic rings. The molecule has 1 aromatic carbocycles. The summed E-state index contributed by atoms with van der Waals surface area (Å²) in [5.74, 6) is -0.700. The summed E-state index contributed by atoms with van der Waals surface area (Å²) in [5.41, 5.74) is 0.300.